The summed E-state index contributed by atoms with van der Waals surface area (Å²) in [6, 6.07) is 0. The quantitative estimate of drug-likeness (QED) is 0.354. The van der Waals surface area contributed by atoms with Crippen molar-refractivity contribution in [3.05, 3.63) is 0 Å². The van der Waals surface area contributed by atoms with Crippen LogP contribution in [0.2, 0.25) is 0 Å². The predicted molar refractivity (Wildman–Crippen MR) is 175 cm³/mol. The van der Waals surface area contributed by atoms with Gasteiger partial charge in [-0.25, -0.2) is 0 Å². The SMILES string of the molecule is C1CCC1.CC.CC.CC.CC(C)C.CCC.CCC(Cl)CC.CCC1CC(CC(C)C)C1.CN. The van der Waals surface area contributed by atoms with Crippen molar-refractivity contribution in [2.45, 2.75) is 187 Å². The van der Waals surface area contributed by atoms with E-state index in [2.05, 4.69) is 75.0 Å². The van der Waals surface area contributed by atoms with E-state index in [0.717, 1.165) is 36.5 Å². The van der Waals surface area contributed by atoms with Gasteiger partial charge in [0.15, 0.2) is 0 Å². The Morgan fingerprint density at radius 2 is 0.886 bits per heavy atom. The molecular weight excluding hydrogens is 446 g/mol. The summed E-state index contributed by atoms with van der Waals surface area (Å²) in [7, 11) is 1.50. The summed E-state index contributed by atoms with van der Waals surface area (Å²) >= 11 is 5.65. The van der Waals surface area contributed by atoms with Crippen molar-refractivity contribution in [1.29, 1.82) is 0 Å². The Hall–Kier alpha value is 0.250. The van der Waals surface area contributed by atoms with Crippen LogP contribution < -0.4 is 5.73 Å². The van der Waals surface area contributed by atoms with E-state index in [4.69, 9.17) is 11.6 Å². The molecule has 0 amide bonds. The molecule has 0 heterocycles. The van der Waals surface area contributed by atoms with Crippen LogP contribution in [0.15, 0.2) is 0 Å². The third-order valence-electron chi connectivity index (χ3n) is 4.60. The molecule has 2 saturated carbocycles. The fourth-order valence-corrected chi connectivity index (χ4v) is 2.60. The maximum atomic E-state index is 5.65. The van der Waals surface area contributed by atoms with Crippen molar-refractivity contribution in [1.82, 2.24) is 0 Å². The zero-order chi connectivity index (χ0) is 29.7. The molecule has 2 fully saturated rings. The predicted octanol–water partition coefficient (Wildman–Crippen LogP) is 13.2. The zero-order valence-electron chi connectivity index (χ0n) is 28.6. The molecule has 2 N–H and O–H groups in total. The highest BCUT2D eigenvalue weighted by atomic mass is 35.5. The molecule has 1 nitrogen and oxygen atoms in total. The molecule has 35 heavy (non-hydrogen) atoms. The second-order valence-electron chi connectivity index (χ2n) is 9.51. The summed E-state index contributed by atoms with van der Waals surface area (Å²) < 4.78 is 0. The first kappa shape index (κ1) is 51.8. The number of nitrogens with two attached hydrogens (primary N) is 1. The molecule has 0 atom stereocenters. The van der Waals surface area contributed by atoms with Crippen molar-refractivity contribution >= 4 is 11.6 Å². The van der Waals surface area contributed by atoms with Crippen LogP contribution in [0.1, 0.15) is 181 Å². The molecule has 2 rings (SSSR count). The van der Waals surface area contributed by atoms with Gasteiger partial charge in [-0.15, -0.1) is 11.6 Å². The third kappa shape index (κ3) is 72.0. The summed E-state index contributed by atoms with van der Waals surface area (Å²) in [5, 5.41) is 0.407. The van der Waals surface area contributed by atoms with Gasteiger partial charge in [0.25, 0.3) is 0 Å². The number of alkyl halides is 1. The van der Waals surface area contributed by atoms with Crippen molar-refractivity contribution < 1.29 is 0 Å². The molecule has 2 heteroatoms. The first-order valence-corrected chi connectivity index (χ1v) is 16.3. The Balaban J connectivity index is -0.0000000550. The Morgan fingerprint density at radius 1 is 0.629 bits per heavy atom. The lowest BCUT2D eigenvalue weighted by Gasteiger charge is -2.35. The van der Waals surface area contributed by atoms with Gasteiger partial charge in [0.1, 0.15) is 0 Å². The summed E-state index contributed by atoms with van der Waals surface area (Å²) in [5.41, 5.74) is 4.50. The molecule has 0 aromatic heterocycles. The highest BCUT2D eigenvalue weighted by molar-refractivity contribution is 6.20. The molecule has 0 aromatic rings. The lowest BCUT2D eigenvalue weighted by atomic mass is 9.70. The molecule has 0 bridgehead atoms. The van der Waals surface area contributed by atoms with Gasteiger partial charge in [-0.2, -0.15) is 0 Å². The average molecular weight is 526 g/mol. The van der Waals surface area contributed by atoms with Crippen LogP contribution in [-0.4, -0.2) is 12.4 Å². The first-order chi connectivity index (χ1) is 16.7. The van der Waals surface area contributed by atoms with Gasteiger partial charge in [-0.3, -0.25) is 0 Å². The van der Waals surface area contributed by atoms with Gasteiger partial charge in [-0.05, 0) is 62.8 Å². The molecule has 0 aromatic carbocycles. The molecule has 0 unspecified atom stereocenters. The van der Waals surface area contributed by atoms with Crippen molar-refractivity contribution in [3.63, 3.8) is 0 Å². The van der Waals surface area contributed by atoms with E-state index in [1.165, 1.54) is 64.8 Å². The van der Waals surface area contributed by atoms with Crippen molar-refractivity contribution in [3.8, 4) is 0 Å². The summed E-state index contributed by atoms with van der Waals surface area (Å²) in [6.07, 6.45) is 15.4. The fraction of sp³-hybridized carbons (Fsp3) is 1.00. The topological polar surface area (TPSA) is 26.0 Å². The van der Waals surface area contributed by atoms with E-state index < -0.39 is 0 Å². The van der Waals surface area contributed by atoms with Gasteiger partial charge in [-0.1, -0.05) is 149 Å². The maximum absolute atomic E-state index is 5.65. The molecular formula is C33H80ClN. The lowest BCUT2D eigenvalue weighted by Crippen LogP contribution is -2.24. The minimum atomic E-state index is 0.407. The third-order valence-corrected chi connectivity index (χ3v) is 5.22. The van der Waals surface area contributed by atoms with Crippen molar-refractivity contribution in [2.24, 2.45) is 29.4 Å². The smallest absolute Gasteiger partial charge is 0.0330 e. The lowest BCUT2D eigenvalue weighted by molar-refractivity contribution is 0.161. The Labute approximate surface area is 234 Å². The van der Waals surface area contributed by atoms with Crippen LogP contribution >= 0.6 is 11.6 Å². The highest BCUT2D eigenvalue weighted by Gasteiger charge is 2.27. The van der Waals surface area contributed by atoms with Gasteiger partial charge in [0, 0.05) is 5.38 Å². The average Bonchev–Trinajstić information content (AvgIpc) is 2.80. The van der Waals surface area contributed by atoms with Crippen LogP contribution in [0.3, 0.4) is 0 Å². The monoisotopic (exact) mass is 526 g/mol. The summed E-state index contributed by atoms with van der Waals surface area (Å²) in [6.45, 7) is 33.9. The largest absolute Gasteiger partial charge is 0.333 e. The number of rotatable bonds is 5. The van der Waals surface area contributed by atoms with E-state index in [-0.39, 0.29) is 0 Å². The minimum absolute atomic E-state index is 0.407. The molecule has 0 aliphatic heterocycles. The normalized spacial score (nSPS) is 15.9. The molecule has 224 valence electrons. The maximum Gasteiger partial charge on any atom is 0.0330 e. The minimum Gasteiger partial charge on any atom is -0.333 e. The zero-order valence-corrected chi connectivity index (χ0v) is 29.4. The Morgan fingerprint density at radius 3 is 1.00 bits per heavy atom. The second-order valence-corrected chi connectivity index (χ2v) is 10.1. The van der Waals surface area contributed by atoms with Crippen LogP contribution in [-0.2, 0) is 0 Å². The van der Waals surface area contributed by atoms with Crippen LogP contribution in [0.5, 0.6) is 0 Å². The van der Waals surface area contributed by atoms with Gasteiger partial charge < -0.3 is 5.73 Å². The van der Waals surface area contributed by atoms with E-state index in [1.54, 1.807) is 0 Å². The first-order valence-electron chi connectivity index (χ1n) is 15.9. The van der Waals surface area contributed by atoms with Crippen LogP contribution in [0.25, 0.3) is 0 Å². The summed E-state index contributed by atoms with van der Waals surface area (Å²) in [5.74, 6) is 3.93. The highest BCUT2D eigenvalue weighted by Crippen LogP contribution is 2.39. The van der Waals surface area contributed by atoms with E-state index in [1.807, 2.05) is 41.5 Å². The molecule has 2 aliphatic rings. The molecule has 0 saturated heterocycles. The number of halogens is 1. The van der Waals surface area contributed by atoms with Gasteiger partial charge >= 0.3 is 0 Å². The van der Waals surface area contributed by atoms with Gasteiger partial charge in [0.05, 0.1) is 0 Å². The van der Waals surface area contributed by atoms with Crippen molar-refractivity contribution in [2.75, 3.05) is 7.05 Å². The number of hydrogen-bond donors (Lipinski definition) is 1. The molecule has 0 radical (unpaired) electrons. The van der Waals surface area contributed by atoms with Crippen LogP contribution in [0, 0.1) is 23.7 Å². The molecule has 2 aliphatic carbocycles. The van der Waals surface area contributed by atoms with E-state index in [9.17, 15) is 0 Å². The Kier molecular flexibility index (Phi) is 81.4. The standard InChI is InChI=1S/C10H20.C5H11Cl.C4H8.C4H10.C3H8.3C2H6.CH5N/c1-4-9-6-10(7-9)5-8(2)3;1-3-5(6)4-2;1-2-4-3-1;1-4(2)3;1-3-2;4*1-2/h8-10H,4-7H2,1-3H3;5H,3-4H2,1-2H3;1-4H2;4H,1-3H3;3H2,1-2H3;3*1-2H3;2H2,1H3. The number of hydrogen-bond acceptors (Lipinski definition) is 1. The van der Waals surface area contributed by atoms with Crippen LogP contribution in [0.4, 0.5) is 0 Å². The van der Waals surface area contributed by atoms with E-state index in [0.29, 0.717) is 5.38 Å². The Bertz CT molecular complexity index is 233. The summed E-state index contributed by atoms with van der Waals surface area (Å²) in [4.78, 5) is 0. The van der Waals surface area contributed by atoms with E-state index >= 15 is 0 Å². The van der Waals surface area contributed by atoms with Gasteiger partial charge in [0.2, 0.25) is 0 Å². The fourth-order valence-electron chi connectivity index (χ4n) is 2.60. The molecule has 0 spiro atoms. The second kappa shape index (κ2) is 55.0.